The summed E-state index contributed by atoms with van der Waals surface area (Å²) in [7, 11) is -0.722. The largest absolute Gasteiger partial charge is 0.0700 e. The van der Waals surface area contributed by atoms with E-state index in [1.54, 1.807) is 77.0 Å². The second kappa shape index (κ2) is 7.33. The average Bonchev–Trinajstić information content (AvgIpc) is 2.56. The molecule has 3 aliphatic carbocycles. The Morgan fingerprint density at radius 3 is 1.33 bits per heavy atom. The molecule has 0 nitrogen and oxygen atoms in total. The summed E-state index contributed by atoms with van der Waals surface area (Å²) in [5.41, 5.74) is 3.51. The van der Waals surface area contributed by atoms with Crippen LogP contribution in [0.1, 0.15) is 96.8 Å². The Hall–Kier alpha value is 0.430. The predicted molar refractivity (Wildman–Crippen MR) is 98.0 cm³/mol. The van der Waals surface area contributed by atoms with E-state index in [0.717, 1.165) is 5.92 Å². The molecular weight excluding hydrogens is 271 g/mol. The number of hydrogen-bond acceptors (Lipinski definition) is 0. The summed E-state index contributed by atoms with van der Waals surface area (Å²) in [4.78, 5) is 0. The summed E-state index contributed by atoms with van der Waals surface area (Å²) in [5.74, 6) is 1.02. The number of rotatable bonds is 3. The molecule has 0 saturated heterocycles. The first-order valence-corrected chi connectivity index (χ1v) is 12.5. The van der Waals surface area contributed by atoms with Gasteiger partial charge in [-0.1, -0.05) is 19.8 Å². The van der Waals surface area contributed by atoms with Gasteiger partial charge in [0.1, 0.15) is 0 Å². The molecule has 122 valence electrons. The fourth-order valence-corrected chi connectivity index (χ4v) is 12.1. The van der Waals surface area contributed by atoms with Gasteiger partial charge in [0, 0.05) is 13.9 Å². The van der Waals surface area contributed by atoms with E-state index in [-0.39, 0.29) is 0 Å². The van der Waals surface area contributed by atoms with E-state index in [1.807, 2.05) is 0 Å². The van der Waals surface area contributed by atoms with Gasteiger partial charge in [0.15, 0.2) is 0 Å². The fraction of sp³-hybridized carbons (Fsp3) is 1.00. The van der Waals surface area contributed by atoms with Crippen LogP contribution in [0, 0.1) is 5.92 Å². The Labute approximate surface area is 134 Å². The summed E-state index contributed by atoms with van der Waals surface area (Å²) in [6, 6.07) is 0. The third-order valence-corrected chi connectivity index (χ3v) is 13.8. The third kappa shape index (κ3) is 3.52. The quantitative estimate of drug-likeness (QED) is 0.498. The summed E-state index contributed by atoms with van der Waals surface area (Å²) < 4.78 is 0. The summed E-state index contributed by atoms with van der Waals surface area (Å²) >= 11 is 0. The van der Waals surface area contributed by atoms with E-state index in [0.29, 0.717) is 0 Å². The van der Waals surface area contributed by atoms with Crippen molar-refractivity contribution in [2.24, 2.45) is 5.92 Å². The van der Waals surface area contributed by atoms with Gasteiger partial charge in [0.25, 0.3) is 0 Å². The van der Waals surface area contributed by atoms with Crippen LogP contribution in [0.2, 0.25) is 0 Å². The van der Waals surface area contributed by atoms with Crippen LogP contribution in [-0.4, -0.2) is 23.6 Å². The molecule has 0 aliphatic heterocycles. The lowest BCUT2D eigenvalue weighted by molar-refractivity contribution is 0.380. The molecule has 0 bridgehead atoms. The third-order valence-electron chi connectivity index (χ3n) is 7.50. The van der Waals surface area contributed by atoms with Crippen molar-refractivity contribution in [3.8, 4) is 0 Å². The van der Waals surface area contributed by atoms with Crippen LogP contribution in [0.4, 0.5) is 0 Å². The zero-order valence-corrected chi connectivity index (χ0v) is 15.6. The molecule has 0 heterocycles. The Kier molecular flexibility index (Phi) is 5.69. The standard InChI is InChI=1S/C20H38P/c1-17-13-15-20(16-14-17)21(2,18-9-5-3-6-10-18)19-11-7-4-8-12-19/h17-20H,3-16H2,1-2H3/q+1. The minimum atomic E-state index is -0.722. The lowest BCUT2D eigenvalue weighted by Gasteiger charge is -2.47. The van der Waals surface area contributed by atoms with Crippen molar-refractivity contribution in [3.05, 3.63) is 0 Å². The molecule has 0 aromatic heterocycles. The van der Waals surface area contributed by atoms with E-state index >= 15 is 0 Å². The highest BCUT2D eigenvalue weighted by Gasteiger charge is 2.53. The van der Waals surface area contributed by atoms with Gasteiger partial charge in [0.2, 0.25) is 0 Å². The highest BCUT2D eigenvalue weighted by atomic mass is 31.2. The zero-order valence-electron chi connectivity index (χ0n) is 14.7. The molecule has 0 aromatic carbocycles. The van der Waals surface area contributed by atoms with Gasteiger partial charge in [0.05, 0.1) is 17.0 Å². The smallest absolute Gasteiger partial charge is 0.0625 e. The maximum absolute atomic E-state index is 2.87. The Morgan fingerprint density at radius 1 is 0.524 bits per heavy atom. The Bertz CT molecular complexity index is 286. The van der Waals surface area contributed by atoms with E-state index in [9.17, 15) is 0 Å². The van der Waals surface area contributed by atoms with Gasteiger partial charge >= 0.3 is 0 Å². The van der Waals surface area contributed by atoms with E-state index < -0.39 is 7.26 Å². The van der Waals surface area contributed by atoms with Crippen LogP contribution >= 0.6 is 7.26 Å². The molecule has 0 aromatic rings. The average molecular weight is 309 g/mol. The summed E-state index contributed by atoms with van der Waals surface area (Å²) in [6.45, 7) is 5.37. The molecule has 0 amide bonds. The second-order valence-electron chi connectivity index (χ2n) is 8.72. The van der Waals surface area contributed by atoms with Gasteiger partial charge in [-0.2, -0.15) is 0 Å². The maximum atomic E-state index is 2.87. The molecular formula is C20H38P+. The van der Waals surface area contributed by atoms with Crippen LogP contribution in [0.5, 0.6) is 0 Å². The normalized spacial score (nSPS) is 34.0. The van der Waals surface area contributed by atoms with Gasteiger partial charge in [-0.25, -0.2) is 0 Å². The fourth-order valence-electron chi connectivity index (χ4n) is 5.97. The van der Waals surface area contributed by atoms with Crippen LogP contribution in [0.3, 0.4) is 0 Å². The predicted octanol–water partition coefficient (Wildman–Crippen LogP) is 6.88. The second-order valence-corrected chi connectivity index (χ2v) is 13.4. The molecule has 0 atom stereocenters. The molecule has 3 saturated carbocycles. The molecule has 0 unspecified atom stereocenters. The Morgan fingerprint density at radius 2 is 0.905 bits per heavy atom. The van der Waals surface area contributed by atoms with Gasteiger partial charge < -0.3 is 0 Å². The van der Waals surface area contributed by atoms with Crippen LogP contribution in [-0.2, 0) is 0 Å². The molecule has 0 radical (unpaired) electrons. The van der Waals surface area contributed by atoms with Gasteiger partial charge in [-0.05, 0) is 83.0 Å². The number of hydrogen-bond donors (Lipinski definition) is 0. The van der Waals surface area contributed by atoms with Crippen molar-refractivity contribution in [1.29, 1.82) is 0 Å². The zero-order chi connectivity index (χ0) is 14.7. The molecule has 3 aliphatic rings. The van der Waals surface area contributed by atoms with Gasteiger partial charge in [-0.15, -0.1) is 0 Å². The van der Waals surface area contributed by atoms with Crippen molar-refractivity contribution in [2.75, 3.05) is 6.66 Å². The summed E-state index contributed by atoms with van der Waals surface area (Å²) in [5, 5.41) is 0. The molecule has 3 rings (SSSR count). The van der Waals surface area contributed by atoms with E-state index in [1.165, 1.54) is 29.8 Å². The molecule has 1 heteroatoms. The molecule has 0 N–H and O–H groups in total. The molecule has 21 heavy (non-hydrogen) atoms. The first-order chi connectivity index (χ1) is 10.2. The van der Waals surface area contributed by atoms with Crippen molar-refractivity contribution < 1.29 is 0 Å². The van der Waals surface area contributed by atoms with Crippen LogP contribution in [0.25, 0.3) is 0 Å². The van der Waals surface area contributed by atoms with Crippen molar-refractivity contribution in [1.82, 2.24) is 0 Å². The highest BCUT2D eigenvalue weighted by molar-refractivity contribution is 7.77. The minimum absolute atomic E-state index is 0.722. The highest BCUT2D eigenvalue weighted by Crippen LogP contribution is 2.74. The maximum Gasteiger partial charge on any atom is 0.0700 e. The van der Waals surface area contributed by atoms with Crippen molar-refractivity contribution >= 4 is 7.26 Å². The lowest BCUT2D eigenvalue weighted by Crippen LogP contribution is -2.36. The van der Waals surface area contributed by atoms with Gasteiger partial charge in [-0.3, -0.25) is 0 Å². The van der Waals surface area contributed by atoms with E-state index in [4.69, 9.17) is 0 Å². The molecule has 3 fully saturated rings. The Balaban J connectivity index is 1.78. The monoisotopic (exact) mass is 309 g/mol. The van der Waals surface area contributed by atoms with Crippen LogP contribution < -0.4 is 0 Å². The summed E-state index contributed by atoms with van der Waals surface area (Å²) in [6.07, 6.45) is 22.0. The lowest BCUT2D eigenvalue weighted by atomic mass is 9.90. The first-order valence-electron chi connectivity index (χ1n) is 10.1. The topological polar surface area (TPSA) is 0 Å². The SMILES string of the molecule is CC1CCC([P+](C)(C2CCCCC2)C2CCCCC2)CC1. The minimum Gasteiger partial charge on any atom is -0.0625 e. The van der Waals surface area contributed by atoms with Crippen molar-refractivity contribution in [2.45, 2.75) is 114 Å². The first kappa shape index (κ1) is 16.3. The van der Waals surface area contributed by atoms with Crippen LogP contribution in [0.15, 0.2) is 0 Å². The van der Waals surface area contributed by atoms with E-state index in [2.05, 4.69) is 13.6 Å². The molecule has 0 spiro atoms. The van der Waals surface area contributed by atoms with Crippen molar-refractivity contribution in [3.63, 3.8) is 0 Å².